The SMILES string of the molecule is CC(C)COc1ccc(C(=O)NCC(O)C(C)C)cc1. The van der Waals surface area contributed by atoms with Gasteiger partial charge in [0.05, 0.1) is 12.7 Å². The summed E-state index contributed by atoms with van der Waals surface area (Å²) in [5.74, 6) is 1.18. The van der Waals surface area contributed by atoms with E-state index in [1.807, 2.05) is 13.8 Å². The summed E-state index contributed by atoms with van der Waals surface area (Å²) < 4.78 is 5.56. The molecule has 0 heterocycles. The van der Waals surface area contributed by atoms with Gasteiger partial charge in [0.25, 0.3) is 5.91 Å². The summed E-state index contributed by atoms with van der Waals surface area (Å²) in [6.07, 6.45) is -0.521. The molecule has 0 aromatic heterocycles. The van der Waals surface area contributed by atoms with E-state index >= 15 is 0 Å². The summed E-state index contributed by atoms with van der Waals surface area (Å²) in [5, 5.41) is 12.4. The van der Waals surface area contributed by atoms with Crippen LogP contribution in [0.15, 0.2) is 24.3 Å². The number of nitrogens with one attached hydrogen (secondary N) is 1. The molecule has 4 nitrogen and oxygen atoms in total. The zero-order chi connectivity index (χ0) is 15.1. The van der Waals surface area contributed by atoms with Crippen LogP contribution >= 0.6 is 0 Å². The third-order valence-corrected chi connectivity index (χ3v) is 2.94. The van der Waals surface area contributed by atoms with Gasteiger partial charge in [0.2, 0.25) is 0 Å². The number of aliphatic hydroxyl groups is 1. The van der Waals surface area contributed by atoms with E-state index in [1.54, 1.807) is 24.3 Å². The lowest BCUT2D eigenvalue weighted by molar-refractivity contribution is 0.0871. The number of carbonyl (C=O) groups is 1. The van der Waals surface area contributed by atoms with Crippen LogP contribution in [0.1, 0.15) is 38.1 Å². The fourth-order valence-electron chi connectivity index (χ4n) is 1.50. The van der Waals surface area contributed by atoms with Crippen LogP contribution in [0.25, 0.3) is 0 Å². The topological polar surface area (TPSA) is 58.6 Å². The molecule has 1 atom stereocenters. The predicted molar refractivity (Wildman–Crippen MR) is 80.0 cm³/mol. The van der Waals surface area contributed by atoms with Crippen molar-refractivity contribution in [3.05, 3.63) is 29.8 Å². The molecule has 0 radical (unpaired) electrons. The molecule has 0 aliphatic rings. The molecular weight excluding hydrogens is 254 g/mol. The van der Waals surface area contributed by atoms with Crippen LogP contribution in [0.5, 0.6) is 5.75 Å². The Balaban J connectivity index is 2.49. The van der Waals surface area contributed by atoms with Crippen LogP contribution in [0.3, 0.4) is 0 Å². The monoisotopic (exact) mass is 279 g/mol. The first-order valence-electron chi connectivity index (χ1n) is 7.09. The van der Waals surface area contributed by atoms with Crippen molar-refractivity contribution >= 4 is 5.91 Å². The minimum absolute atomic E-state index is 0.127. The molecule has 0 spiro atoms. The molecule has 2 N–H and O–H groups in total. The van der Waals surface area contributed by atoms with Gasteiger partial charge in [-0.1, -0.05) is 27.7 Å². The van der Waals surface area contributed by atoms with Crippen molar-refractivity contribution in [1.82, 2.24) is 5.32 Å². The Morgan fingerprint density at radius 3 is 2.30 bits per heavy atom. The maximum Gasteiger partial charge on any atom is 0.251 e. The normalized spacial score (nSPS) is 12.6. The first kappa shape index (κ1) is 16.5. The van der Waals surface area contributed by atoms with Gasteiger partial charge in [0.1, 0.15) is 5.75 Å². The summed E-state index contributed by atoms with van der Waals surface area (Å²) in [6, 6.07) is 7.03. The summed E-state index contributed by atoms with van der Waals surface area (Å²) in [6.45, 7) is 8.92. The molecule has 1 aromatic rings. The molecule has 0 saturated carbocycles. The second kappa shape index (κ2) is 7.90. The van der Waals surface area contributed by atoms with Crippen molar-refractivity contribution in [3.8, 4) is 5.75 Å². The number of hydrogen-bond donors (Lipinski definition) is 2. The largest absolute Gasteiger partial charge is 0.493 e. The molecule has 0 aliphatic carbocycles. The van der Waals surface area contributed by atoms with Crippen molar-refractivity contribution < 1.29 is 14.6 Å². The highest BCUT2D eigenvalue weighted by molar-refractivity contribution is 5.94. The number of carbonyl (C=O) groups excluding carboxylic acids is 1. The molecule has 112 valence electrons. The smallest absolute Gasteiger partial charge is 0.251 e. The molecule has 1 aromatic carbocycles. The van der Waals surface area contributed by atoms with E-state index < -0.39 is 6.10 Å². The third-order valence-electron chi connectivity index (χ3n) is 2.94. The van der Waals surface area contributed by atoms with Crippen molar-refractivity contribution in [1.29, 1.82) is 0 Å². The van der Waals surface area contributed by atoms with Crippen LogP contribution < -0.4 is 10.1 Å². The van der Waals surface area contributed by atoms with E-state index in [-0.39, 0.29) is 18.4 Å². The number of benzene rings is 1. The standard InChI is InChI=1S/C16H25NO3/c1-11(2)10-20-14-7-5-13(6-8-14)16(19)17-9-15(18)12(3)4/h5-8,11-12,15,18H,9-10H2,1-4H3,(H,17,19). The van der Waals surface area contributed by atoms with Crippen LogP contribution in [0, 0.1) is 11.8 Å². The molecule has 20 heavy (non-hydrogen) atoms. The Morgan fingerprint density at radius 1 is 1.20 bits per heavy atom. The lowest BCUT2D eigenvalue weighted by atomic mass is 10.1. The van der Waals surface area contributed by atoms with Gasteiger partial charge in [-0.2, -0.15) is 0 Å². The Kier molecular flexibility index (Phi) is 6.52. The van der Waals surface area contributed by atoms with E-state index in [9.17, 15) is 9.90 Å². The third kappa shape index (κ3) is 5.61. The molecule has 0 aliphatic heterocycles. The number of hydrogen-bond acceptors (Lipinski definition) is 3. The molecular formula is C16H25NO3. The van der Waals surface area contributed by atoms with Gasteiger partial charge in [0, 0.05) is 12.1 Å². The summed E-state index contributed by atoms with van der Waals surface area (Å²) >= 11 is 0. The number of rotatable bonds is 7. The highest BCUT2D eigenvalue weighted by atomic mass is 16.5. The molecule has 0 bridgehead atoms. The predicted octanol–water partition coefficient (Wildman–Crippen LogP) is 2.47. The van der Waals surface area contributed by atoms with E-state index in [0.29, 0.717) is 18.1 Å². The van der Waals surface area contributed by atoms with Crippen LogP contribution in [0.2, 0.25) is 0 Å². The van der Waals surface area contributed by atoms with E-state index in [1.165, 1.54) is 0 Å². The van der Waals surface area contributed by atoms with Gasteiger partial charge in [-0.3, -0.25) is 4.79 Å². The molecule has 0 fully saturated rings. The van der Waals surface area contributed by atoms with E-state index in [2.05, 4.69) is 19.2 Å². The minimum atomic E-state index is -0.521. The second-order valence-electron chi connectivity index (χ2n) is 5.75. The number of ether oxygens (including phenoxy) is 1. The average Bonchev–Trinajstić information content (AvgIpc) is 2.42. The van der Waals surface area contributed by atoms with Gasteiger partial charge in [-0.05, 0) is 36.1 Å². The van der Waals surface area contributed by atoms with Gasteiger partial charge >= 0.3 is 0 Å². The fourth-order valence-corrected chi connectivity index (χ4v) is 1.50. The quantitative estimate of drug-likeness (QED) is 0.806. The Morgan fingerprint density at radius 2 is 1.80 bits per heavy atom. The Labute approximate surface area is 121 Å². The van der Waals surface area contributed by atoms with Gasteiger partial charge < -0.3 is 15.2 Å². The second-order valence-corrected chi connectivity index (χ2v) is 5.75. The van der Waals surface area contributed by atoms with E-state index in [0.717, 1.165) is 5.75 Å². The zero-order valence-corrected chi connectivity index (χ0v) is 12.7. The molecule has 1 unspecified atom stereocenters. The summed E-state index contributed by atoms with van der Waals surface area (Å²) in [5.41, 5.74) is 0.567. The lowest BCUT2D eigenvalue weighted by Gasteiger charge is -2.15. The van der Waals surface area contributed by atoms with Gasteiger partial charge in [-0.25, -0.2) is 0 Å². The van der Waals surface area contributed by atoms with Crippen molar-refractivity contribution in [2.24, 2.45) is 11.8 Å². The van der Waals surface area contributed by atoms with Crippen LogP contribution in [-0.2, 0) is 0 Å². The summed E-state index contributed by atoms with van der Waals surface area (Å²) in [7, 11) is 0. The number of amides is 1. The molecule has 1 amide bonds. The molecule has 4 heteroatoms. The van der Waals surface area contributed by atoms with Crippen molar-refractivity contribution in [3.63, 3.8) is 0 Å². The van der Waals surface area contributed by atoms with Gasteiger partial charge in [-0.15, -0.1) is 0 Å². The van der Waals surface area contributed by atoms with Crippen LogP contribution in [0.4, 0.5) is 0 Å². The molecule has 0 saturated heterocycles. The maximum atomic E-state index is 11.9. The zero-order valence-electron chi connectivity index (χ0n) is 12.7. The first-order chi connectivity index (χ1) is 9.40. The minimum Gasteiger partial charge on any atom is -0.493 e. The molecule has 1 rings (SSSR count). The number of aliphatic hydroxyl groups excluding tert-OH is 1. The van der Waals surface area contributed by atoms with Gasteiger partial charge in [0.15, 0.2) is 0 Å². The highest BCUT2D eigenvalue weighted by Gasteiger charge is 2.11. The Hall–Kier alpha value is -1.55. The average molecular weight is 279 g/mol. The lowest BCUT2D eigenvalue weighted by Crippen LogP contribution is -2.34. The summed E-state index contributed by atoms with van der Waals surface area (Å²) in [4.78, 5) is 11.9. The fraction of sp³-hybridized carbons (Fsp3) is 0.562. The van der Waals surface area contributed by atoms with Crippen molar-refractivity contribution in [2.45, 2.75) is 33.8 Å². The first-order valence-corrected chi connectivity index (χ1v) is 7.09. The van der Waals surface area contributed by atoms with Crippen molar-refractivity contribution in [2.75, 3.05) is 13.2 Å². The Bertz CT molecular complexity index is 412. The highest BCUT2D eigenvalue weighted by Crippen LogP contribution is 2.13. The maximum absolute atomic E-state index is 11.9. The van der Waals surface area contributed by atoms with Crippen LogP contribution in [-0.4, -0.2) is 30.3 Å². The van der Waals surface area contributed by atoms with E-state index in [4.69, 9.17) is 4.74 Å².